The quantitative estimate of drug-likeness (QED) is 0.477. The summed E-state index contributed by atoms with van der Waals surface area (Å²) in [7, 11) is 3.56. The van der Waals surface area contributed by atoms with E-state index < -0.39 is 0 Å². The van der Waals surface area contributed by atoms with Gasteiger partial charge in [-0.2, -0.15) is 0 Å². The molecule has 0 bridgehead atoms. The van der Waals surface area contributed by atoms with E-state index in [0.29, 0.717) is 13.0 Å². The van der Waals surface area contributed by atoms with Crippen LogP contribution in [0.3, 0.4) is 0 Å². The third-order valence-electron chi connectivity index (χ3n) is 4.85. The number of ether oxygens (including phenoxy) is 1. The van der Waals surface area contributed by atoms with E-state index in [1.165, 1.54) is 10.9 Å². The Morgan fingerprint density at radius 3 is 2.61 bits per heavy atom. The molecular weight excluding hydrogens is 374 g/mol. The van der Waals surface area contributed by atoms with Gasteiger partial charge in [0.05, 0.1) is 7.11 Å². The maximum atomic E-state index is 12.2. The fraction of sp³-hybridized carbons (Fsp3) is 0.318. The molecule has 0 aliphatic heterocycles. The summed E-state index contributed by atoms with van der Waals surface area (Å²) in [5, 5.41) is 7.36. The highest BCUT2D eigenvalue weighted by Gasteiger charge is 2.19. The van der Waals surface area contributed by atoms with E-state index in [0.717, 1.165) is 29.8 Å². The zero-order chi connectivity index (χ0) is 19.1. The number of amides is 1. The number of benzene rings is 2. The lowest BCUT2D eigenvalue weighted by atomic mass is 9.90. The van der Waals surface area contributed by atoms with Gasteiger partial charge in [0, 0.05) is 36.0 Å². The number of H-pyrrole nitrogens is 1. The second kappa shape index (κ2) is 10.7. The van der Waals surface area contributed by atoms with Gasteiger partial charge in [-0.25, -0.2) is 0 Å². The zero-order valence-corrected chi connectivity index (χ0v) is 17.1. The van der Waals surface area contributed by atoms with Crippen molar-refractivity contribution in [1.29, 1.82) is 0 Å². The molecule has 1 atom stereocenters. The minimum atomic E-state index is 0. The van der Waals surface area contributed by atoms with Crippen LogP contribution in [-0.2, 0) is 4.79 Å². The maximum absolute atomic E-state index is 12.2. The molecule has 0 spiro atoms. The van der Waals surface area contributed by atoms with E-state index in [4.69, 9.17) is 4.74 Å². The largest absolute Gasteiger partial charge is 0.497 e. The van der Waals surface area contributed by atoms with Crippen LogP contribution >= 0.6 is 12.4 Å². The number of para-hydroxylation sites is 1. The minimum Gasteiger partial charge on any atom is -0.497 e. The average Bonchev–Trinajstić information content (AvgIpc) is 3.13. The molecular formula is C22H28ClN3O2. The lowest BCUT2D eigenvalue weighted by molar-refractivity contribution is -0.121. The van der Waals surface area contributed by atoms with Crippen molar-refractivity contribution in [2.75, 3.05) is 27.2 Å². The van der Waals surface area contributed by atoms with Crippen molar-refractivity contribution in [3.63, 3.8) is 0 Å². The number of aromatic nitrogens is 1. The standard InChI is InChI=1S/C22H27N3O2.ClH/c1-23-13-5-8-22(26)25-14-19(16-9-11-17(27-2)12-10-16)20-15-24-21-7-4-3-6-18(20)21;/h3-4,6-7,9-12,15,19,23-24H,5,8,13-14H2,1-2H3,(H,25,26);1H. The number of carbonyl (C=O) groups is 1. The third kappa shape index (κ3) is 5.27. The predicted molar refractivity (Wildman–Crippen MR) is 117 cm³/mol. The summed E-state index contributed by atoms with van der Waals surface area (Å²) in [6.45, 7) is 1.41. The van der Waals surface area contributed by atoms with Crippen molar-refractivity contribution in [2.45, 2.75) is 18.8 Å². The first-order valence-electron chi connectivity index (χ1n) is 9.34. The van der Waals surface area contributed by atoms with E-state index in [2.05, 4.69) is 39.9 Å². The number of fused-ring (bicyclic) bond motifs is 1. The Labute approximate surface area is 172 Å². The number of hydrogen-bond donors (Lipinski definition) is 3. The van der Waals surface area contributed by atoms with Crippen LogP contribution in [0.2, 0.25) is 0 Å². The summed E-state index contributed by atoms with van der Waals surface area (Å²) in [6.07, 6.45) is 3.42. The Bertz CT molecular complexity index is 877. The van der Waals surface area contributed by atoms with Crippen molar-refractivity contribution in [1.82, 2.24) is 15.6 Å². The number of carbonyl (C=O) groups excluding carboxylic acids is 1. The molecule has 0 radical (unpaired) electrons. The average molecular weight is 402 g/mol. The van der Waals surface area contributed by atoms with Crippen molar-refractivity contribution in [3.8, 4) is 5.75 Å². The number of rotatable bonds is 9. The molecule has 1 unspecified atom stereocenters. The molecule has 0 fully saturated rings. The predicted octanol–water partition coefficient (Wildman–Crippen LogP) is 3.85. The molecule has 1 aromatic heterocycles. The second-order valence-electron chi connectivity index (χ2n) is 6.63. The molecule has 150 valence electrons. The van der Waals surface area contributed by atoms with Crippen LogP contribution in [0.25, 0.3) is 10.9 Å². The van der Waals surface area contributed by atoms with Gasteiger partial charge < -0.3 is 20.4 Å². The summed E-state index contributed by atoms with van der Waals surface area (Å²) in [5.41, 5.74) is 3.44. The van der Waals surface area contributed by atoms with Gasteiger partial charge in [0.25, 0.3) is 0 Å². The highest BCUT2D eigenvalue weighted by Crippen LogP contribution is 2.31. The third-order valence-corrected chi connectivity index (χ3v) is 4.85. The molecule has 0 aliphatic rings. The van der Waals surface area contributed by atoms with Gasteiger partial charge in [-0.15, -0.1) is 12.4 Å². The zero-order valence-electron chi connectivity index (χ0n) is 16.3. The van der Waals surface area contributed by atoms with Gasteiger partial charge in [-0.3, -0.25) is 4.79 Å². The first-order chi connectivity index (χ1) is 13.2. The Morgan fingerprint density at radius 2 is 1.89 bits per heavy atom. The Balaban J connectivity index is 0.00000280. The number of nitrogens with one attached hydrogen (secondary N) is 3. The van der Waals surface area contributed by atoms with Gasteiger partial charge in [-0.1, -0.05) is 30.3 Å². The monoisotopic (exact) mass is 401 g/mol. The fourth-order valence-electron chi connectivity index (χ4n) is 3.36. The highest BCUT2D eigenvalue weighted by atomic mass is 35.5. The van der Waals surface area contributed by atoms with Crippen LogP contribution in [0.15, 0.2) is 54.7 Å². The summed E-state index contributed by atoms with van der Waals surface area (Å²) in [4.78, 5) is 15.6. The molecule has 0 aliphatic carbocycles. The minimum absolute atomic E-state index is 0. The maximum Gasteiger partial charge on any atom is 0.220 e. The summed E-state index contributed by atoms with van der Waals surface area (Å²) >= 11 is 0. The first kappa shape index (κ1) is 21.8. The Hall–Kier alpha value is -2.50. The number of hydrogen-bond acceptors (Lipinski definition) is 3. The molecule has 2 aromatic carbocycles. The molecule has 1 amide bonds. The van der Waals surface area contributed by atoms with E-state index in [1.54, 1.807) is 7.11 Å². The molecule has 3 N–H and O–H groups in total. The Kier molecular flexibility index (Phi) is 8.36. The van der Waals surface area contributed by atoms with Crippen LogP contribution < -0.4 is 15.4 Å². The summed E-state index contributed by atoms with van der Waals surface area (Å²) in [6, 6.07) is 16.3. The lowest BCUT2D eigenvalue weighted by Gasteiger charge is -2.18. The van der Waals surface area contributed by atoms with E-state index in [-0.39, 0.29) is 24.2 Å². The lowest BCUT2D eigenvalue weighted by Crippen LogP contribution is -2.29. The van der Waals surface area contributed by atoms with Crippen LogP contribution in [0.1, 0.15) is 29.9 Å². The summed E-state index contributed by atoms with van der Waals surface area (Å²) in [5.74, 6) is 0.983. The van der Waals surface area contributed by atoms with Gasteiger partial charge in [-0.05, 0) is 49.3 Å². The van der Waals surface area contributed by atoms with Gasteiger partial charge in [0.2, 0.25) is 5.91 Å². The van der Waals surface area contributed by atoms with Gasteiger partial charge >= 0.3 is 0 Å². The van der Waals surface area contributed by atoms with Crippen molar-refractivity contribution in [3.05, 3.63) is 65.9 Å². The van der Waals surface area contributed by atoms with Gasteiger partial charge in [0.15, 0.2) is 0 Å². The topological polar surface area (TPSA) is 66.2 Å². The molecule has 28 heavy (non-hydrogen) atoms. The second-order valence-corrected chi connectivity index (χ2v) is 6.63. The molecule has 6 heteroatoms. The van der Waals surface area contributed by atoms with Crippen LogP contribution in [0.4, 0.5) is 0 Å². The molecule has 3 aromatic rings. The highest BCUT2D eigenvalue weighted by molar-refractivity contribution is 5.85. The van der Waals surface area contributed by atoms with Crippen LogP contribution in [0, 0.1) is 0 Å². The Morgan fingerprint density at radius 1 is 1.14 bits per heavy atom. The molecule has 5 nitrogen and oxygen atoms in total. The normalized spacial score (nSPS) is 11.6. The van der Waals surface area contributed by atoms with E-state index in [1.807, 2.05) is 37.5 Å². The van der Waals surface area contributed by atoms with Crippen LogP contribution in [0.5, 0.6) is 5.75 Å². The van der Waals surface area contributed by atoms with Gasteiger partial charge in [0.1, 0.15) is 5.75 Å². The smallest absolute Gasteiger partial charge is 0.220 e. The molecule has 3 rings (SSSR count). The van der Waals surface area contributed by atoms with E-state index in [9.17, 15) is 4.79 Å². The van der Waals surface area contributed by atoms with Crippen molar-refractivity contribution >= 4 is 29.2 Å². The summed E-state index contributed by atoms with van der Waals surface area (Å²) < 4.78 is 5.28. The number of methoxy groups -OCH3 is 1. The van der Waals surface area contributed by atoms with Crippen molar-refractivity contribution < 1.29 is 9.53 Å². The fourth-order valence-corrected chi connectivity index (χ4v) is 3.36. The molecule has 0 saturated carbocycles. The first-order valence-corrected chi connectivity index (χ1v) is 9.34. The van der Waals surface area contributed by atoms with Crippen molar-refractivity contribution in [2.24, 2.45) is 0 Å². The number of aromatic amines is 1. The van der Waals surface area contributed by atoms with E-state index >= 15 is 0 Å². The molecule has 0 saturated heterocycles. The molecule has 1 heterocycles. The van der Waals surface area contributed by atoms with Crippen LogP contribution in [-0.4, -0.2) is 38.1 Å². The SMILES string of the molecule is CNCCCC(=O)NCC(c1ccc(OC)cc1)c1c[nH]c2ccccc12.Cl. The number of halogens is 1.